The van der Waals surface area contributed by atoms with Crippen molar-refractivity contribution in [1.82, 2.24) is 24.7 Å². The van der Waals surface area contributed by atoms with Gasteiger partial charge in [-0.25, -0.2) is 4.98 Å². The molecule has 4 aromatic rings. The third-order valence-electron chi connectivity index (χ3n) is 3.26. The van der Waals surface area contributed by atoms with Crippen molar-refractivity contribution in [3.63, 3.8) is 0 Å². The number of hydrogen-bond acceptors (Lipinski definition) is 4. The summed E-state index contributed by atoms with van der Waals surface area (Å²) in [4.78, 5) is 9.05. The molecule has 100 valence electrons. The molecule has 0 bridgehead atoms. The molecule has 2 aromatic heterocycles. The van der Waals surface area contributed by atoms with E-state index in [9.17, 15) is 0 Å². The fraction of sp³-hybridized carbons (Fsp3) is 0. The fourth-order valence-electron chi connectivity index (χ4n) is 2.25. The molecule has 0 fully saturated rings. The van der Waals surface area contributed by atoms with Gasteiger partial charge >= 0.3 is 0 Å². The van der Waals surface area contributed by atoms with Crippen LogP contribution in [0.2, 0.25) is 0 Å². The lowest BCUT2D eigenvalue weighted by Gasteiger charge is -2.06. The highest BCUT2D eigenvalue weighted by Gasteiger charge is 2.11. The van der Waals surface area contributed by atoms with Crippen LogP contribution in [0.1, 0.15) is 0 Å². The second-order valence-corrected chi connectivity index (χ2v) is 4.60. The summed E-state index contributed by atoms with van der Waals surface area (Å²) in [5, 5.41) is 8.18. The summed E-state index contributed by atoms with van der Waals surface area (Å²) in [6.07, 6.45) is 3.41. The van der Waals surface area contributed by atoms with Gasteiger partial charge < -0.3 is 0 Å². The Morgan fingerprint density at radius 1 is 0.810 bits per heavy atom. The Labute approximate surface area is 120 Å². The van der Waals surface area contributed by atoms with Gasteiger partial charge in [0.1, 0.15) is 12.0 Å². The molecule has 0 aliphatic rings. The molecular weight excluding hydrogens is 262 g/mol. The van der Waals surface area contributed by atoms with Gasteiger partial charge in [-0.05, 0) is 24.3 Å². The number of aromatic nitrogens is 5. The molecule has 0 aliphatic carbocycles. The van der Waals surface area contributed by atoms with Gasteiger partial charge in [0, 0.05) is 5.69 Å². The van der Waals surface area contributed by atoms with Crippen molar-refractivity contribution in [2.75, 3.05) is 0 Å². The lowest BCUT2D eigenvalue weighted by Crippen LogP contribution is -1.98. The summed E-state index contributed by atoms with van der Waals surface area (Å²) in [7, 11) is 0. The minimum absolute atomic E-state index is 0.680. The van der Waals surface area contributed by atoms with Gasteiger partial charge in [-0.3, -0.25) is 9.55 Å². The van der Waals surface area contributed by atoms with Crippen LogP contribution >= 0.6 is 0 Å². The Balaban J connectivity index is 1.88. The van der Waals surface area contributed by atoms with Gasteiger partial charge in [-0.1, -0.05) is 30.3 Å². The number of hydrogen-bond donors (Lipinski definition) is 0. The molecule has 0 saturated carbocycles. The molecule has 0 aliphatic heterocycles. The Kier molecular flexibility index (Phi) is 2.67. The van der Waals surface area contributed by atoms with E-state index in [1.54, 1.807) is 12.5 Å². The van der Waals surface area contributed by atoms with Crippen molar-refractivity contribution < 1.29 is 0 Å². The van der Waals surface area contributed by atoms with Gasteiger partial charge in [0.15, 0.2) is 5.82 Å². The third-order valence-corrected chi connectivity index (χ3v) is 3.26. The normalized spacial score (nSPS) is 10.9. The van der Waals surface area contributed by atoms with E-state index in [2.05, 4.69) is 20.2 Å². The van der Waals surface area contributed by atoms with Crippen LogP contribution in [-0.4, -0.2) is 24.7 Å². The van der Waals surface area contributed by atoms with Gasteiger partial charge in [0.05, 0.1) is 17.2 Å². The molecule has 5 nitrogen and oxygen atoms in total. The highest BCUT2D eigenvalue weighted by molar-refractivity contribution is 5.76. The van der Waals surface area contributed by atoms with Crippen LogP contribution in [0, 0.1) is 0 Å². The van der Waals surface area contributed by atoms with E-state index in [1.165, 1.54) is 0 Å². The molecule has 0 spiro atoms. The predicted molar refractivity (Wildman–Crippen MR) is 79.9 cm³/mol. The van der Waals surface area contributed by atoms with Crippen LogP contribution in [-0.2, 0) is 0 Å². The van der Waals surface area contributed by atoms with E-state index in [0.29, 0.717) is 11.5 Å². The number of fused-ring (bicyclic) bond motifs is 1. The lowest BCUT2D eigenvalue weighted by molar-refractivity contribution is 1.05. The van der Waals surface area contributed by atoms with Crippen LogP contribution in [0.4, 0.5) is 0 Å². The van der Waals surface area contributed by atoms with Crippen LogP contribution in [0.5, 0.6) is 0 Å². The molecule has 0 N–H and O–H groups in total. The molecule has 0 saturated heterocycles. The second kappa shape index (κ2) is 4.79. The molecule has 0 atom stereocenters. The first kappa shape index (κ1) is 11.7. The van der Waals surface area contributed by atoms with Crippen molar-refractivity contribution in [3.05, 3.63) is 67.1 Å². The average molecular weight is 273 g/mol. The van der Waals surface area contributed by atoms with Gasteiger partial charge in [-0.2, -0.15) is 0 Å². The molecule has 2 aromatic carbocycles. The van der Waals surface area contributed by atoms with E-state index in [1.807, 2.05) is 59.2 Å². The molecule has 0 unspecified atom stereocenters. The Bertz CT molecular complexity index is 899. The molecule has 21 heavy (non-hydrogen) atoms. The monoisotopic (exact) mass is 273 g/mol. The number of para-hydroxylation sites is 3. The minimum atomic E-state index is 0.680. The topological polar surface area (TPSA) is 56.5 Å². The first-order chi connectivity index (χ1) is 10.4. The van der Waals surface area contributed by atoms with Crippen molar-refractivity contribution in [3.8, 4) is 17.2 Å². The highest BCUT2D eigenvalue weighted by atomic mass is 15.3. The maximum Gasteiger partial charge on any atom is 0.188 e. The molecule has 0 amide bonds. The highest BCUT2D eigenvalue weighted by Crippen LogP contribution is 2.20. The van der Waals surface area contributed by atoms with E-state index in [4.69, 9.17) is 0 Å². The molecular formula is C16H11N5. The number of rotatable bonds is 2. The van der Waals surface area contributed by atoms with E-state index < -0.39 is 0 Å². The largest absolute Gasteiger partial charge is 0.280 e. The Morgan fingerprint density at radius 2 is 1.57 bits per heavy atom. The van der Waals surface area contributed by atoms with Crippen LogP contribution in [0.15, 0.2) is 67.1 Å². The van der Waals surface area contributed by atoms with Crippen molar-refractivity contribution >= 4 is 11.0 Å². The van der Waals surface area contributed by atoms with E-state index in [-0.39, 0.29) is 0 Å². The van der Waals surface area contributed by atoms with Crippen molar-refractivity contribution in [2.24, 2.45) is 0 Å². The van der Waals surface area contributed by atoms with E-state index in [0.717, 1.165) is 16.7 Å². The quantitative estimate of drug-likeness (QED) is 0.563. The van der Waals surface area contributed by atoms with Crippen LogP contribution < -0.4 is 0 Å². The average Bonchev–Trinajstić information content (AvgIpc) is 3.05. The fourth-order valence-corrected chi connectivity index (χ4v) is 2.25. The summed E-state index contributed by atoms with van der Waals surface area (Å²) in [6.45, 7) is 0. The van der Waals surface area contributed by atoms with Gasteiger partial charge in [0.25, 0.3) is 0 Å². The lowest BCUT2D eigenvalue weighted by atomic mass is 10.3. The van der Waals surface area contributed by atoms with Gasteiger partial charge in [-0.15, -0.1) is 10.2 Å². The summed E-state index contributed by atoms with van der Waals surface area (Å²) in [6, 6.07) is 17.7. The second-order valence-electron chi connectivity index (χ2n) is 4.60. The van der Waals surface area contributed by atoms with E-state index >= 15 is 0 Å². The maximum atomic E-state index is 4.62. The third kappa shape index (κ3) is 2.04. The first-order valence-corrected chi connectivity index (χ1v) is 6.59. The standard InChI is InChI=1S/C16H11N5/c1-2-6-12(7-3-1)21-11-18-20-16(21)15-10-17-13-8-4-5-9-14(13)19-15/h1-11H. The van der Waals surface area contributed by atoms with Crippen molar-refractivity contribution in [1.29, 1.82) is 0 Å². The molecule has 5 heteroatoms. The molecule has 2 heterocycles. The van der Waals surface area contributed by atoms with Gasteiger partial charge in [0.2, 0.25) is 0 Å². The smallest absolute Gasteiger partial charge is 0.188 e. The summed E-state index contributed by atoms with van der Waals surface area (Å²) >= 11 is 0. The zero-order valence-electron chi connectivity index (χ0n) is 11.1. The zero-order chi connectivity index (χ0) is 14.1. The summed E-state index contributed by atoms with van der Waals surface area (Å²) in [5.41, 5.74) is 3.41. The predicted octanol–water partition coefficient (Wildman–Crippen LogP) is 2.88. The molecule has 4 rings (SSSR count). The number of nitrogens with zero attached hydrogens (tertiary/aromatic N) is 5. The Hall–Kier alpha value is -3.08. The summed E-state index contributed by atoms with van der Waals surface area (Å²) < 4.78 is 1.90. The SMILES string of the molecule is c1ccc(-n2cnnc2-c2cnc3ccccc3n2)cc1. The number of benzene rings is 2. The zero-order valence-corrected chi connectivity index (χ0v) is 11.1. The maximum absolute atomic E-state index is 4.62. The van der Waals surface area contributed by atoms with Crippen molar-refractivity contribution in [2.45, 2.75) is 0 Å². The molecule has 0 radical (unpaired) electrons. The van der Waals surface area contributed by atoms with Crippen LogP contribution in [0.3, 0.4) is 0 Å². The summed E-state index contributed by atoms with van der Waals surface area (Å²) in [5.74, 6) is 0.680. The first-order valence-electron chi connectivity index (χ1n) is 6.59. The van der Waals surface area contributed by atoms with Crippen LogP contribution in [0.25, 0.3) is 28.2 Å². The minimum Gasteiger partial charge on any atom is -0.280 e. The Morgan fingerprint density at radius 3 is 2.43 bits per heavy atom.